The SMILES string of the molecule is CC(C)(C)OC(=O)N1C[C@@H](O)[C@@H]2NC[C@@H](O)[C@@H]21. The Kier molecular flexibility index (Phi) is 3.05. The lowest BCUT2D eigenvalue weighted by Crippen LogP contribution is -2.46. The molecule has 0 aromatic rings. The van der Waals surface area contributed by atoms with E-state index in [2.05, 4.69) is 5.32 Å². The van der Waals surface area contributed by atoms with Gasteiger partial charge in [-0.05, 0) is 20.8 Å². The summed E-state index contributed by atoms with van der Waals surface area (Å²) < 4.78 is 5.26. The van der Waals surface area contributed by atoms with Crippen molar-refractivity contribution in [1.29, 1.82) is 0 Å². The second-order valence-electron chi connectivity index (χ2n) is 5.69. The number of hydrogen-bond donors (Lipinski definition) is 3. The molecule has 0 spiro atoms. The largest absolute Gasteiger partial charge is 0.444 e. The summed E-state index contributed by atoms with van der Waals surface area (Å²) in [5.74, 6) is 0. The smallest absolute Gasteiger partial charge is 0.410 e. The fourth-order valence-electron chi connectivity index (χ4n) is 2.46. The number of amides is 1. The van der Waals surface area contributed by atoms with Gasteiger partial charge in [-0.1, -0.05) is 0 Å². The van der Waals surface area contributed by atoms with Gasteiger partial charge in [0.05, 0.1) is 30.8 Å². The Morgan fingerprint density at radius 2 is 2.00 bits per heavy atom. The highest BCUT2D eigenvalue weighted by Crippen LogP contribution is 2.27. The summed E-state index contributed by atoms with van der Waals surface area (Å²) in [6.45, 7) is 5.97. The number of aliphatic hydroxyl groups is 2. The number of carbonyl (C=O) groups is 1. The molecule has 6 heteroatoms. The van der Waals surface area contributed by atoms with Crippen LogP contribution in [-0.2, 0) is 4.74 Å². The Morgan fingerprint density at radius 3 is 2.59 bits per heavy atom. The summed E-state index contributed by atoms with van der Waals surface area (Å²) in [7, 11) is 0. The third kappa shape index (κ3) is 2.38. The standard InChI is InChI=1S/C11H20N2O4/c1-11(2,3)17-10(16)13-5-7(15)8-9(13)6(14)4-12-8/h6-9,12,14-15H,4-5H2,1-3H3/t6-,7-,8+,9+/m1/s1. The highest BCUT2D eigenvalue weighted by molar-refractivity contribution is 5.69. The second kappa shape index (κ2) is 4.12. The van der Waals surface area contributed by atoms with E-state index in [4.69, 9.17) is 4.74 Å². The van der Waals surface area contributed by atoms with E-state index >= 15 is 0 Å². The minimum atomic E-state index is -0.648. The molecule has 0 aliphatic carbocycles. The first-order valence-electron chi connectivity index (χ1n) is 5.89. The topological polar surface area (TPSA) is 82.0 Å². The molecule has 3 N–H and O–H groups in total. The van der Waals surface area contributed by atoms with Crippen LogP contribution in [0.2, 0.25) is 0 Å². The Labute approximate surface area is 101 Å². The van der Waals surface area contributed by atoms with Crippen LogP contribution >= 0.6 is 0 Å². The lowest BCUT2D eigenvalue weighted by molar-refractivity contribution is 0.00924. The van der Waals surface area contributed by atoms with Crippen molar-refractivity contribution in [1.82, 2.24) is 10.2 Å². The van der Waals surface area contributed by atoms with Gasteiger partial charge in [0, 0.05) is 6.54 Å². The maximum Gasteiger partial charge on any atom is 0.410 e. The molecule has 1 amide bonds. The first-order valence-corrected chi connectivity index (χ1v) is 5.89. The number of likely N-dealkylation sites (tertiary alicyclic amines) is 1. The lowest BCUT2D eigenvalue weighted by atomic mass is 10.1. The van der Waals surface area contributed by atoms with E-state index < -0.39 is 23.9 Å². The zero-order chi connectivity index (χ0) is 12.8. The van der Waals surface area contributed by atoms with Crippen molar-refractivity contribution >= 4 is 6.09 Å². The molecule has 98 valence electrons. The van der Waals surface area contributed by atoms with E-state index in [1.165, 1.54) is 4.90 Å². The van der Waals surface area contributed by atoms with Gasteiger partial charge in [0.1, 0.15) is 5.60 Å². The van der Waals surface area contributed by atoms with E-state index in [0.29, 0.717) is 6.54 Å². The van der Waals surface area contributed by atoms with E-state index in [0.717, 1.165) is 0 Å². The van der Waals surface area contributed by atoms with Crippen LogP contribution in [0.1, 0.15) is 20.8 Å². The summed E-state index contributed by atoms with van der Waals surface area (Å²) in [4.78, 5) is 13.4. The van der Waals surface area contributed by atoms with Gasteiger partial charge in [0.15, 0.2) is 0 Å². The molecule has 0 radical (unpaired) electrons. The van der Waals surface area contributed by atoms with Crippen LogP contribution in [0.3, 0.4) is 0 Å². The fourth-order valence-corrected chi connectivity index (χ4v) is 2.46. The Balaban J connectivity index is 2.08. The molecule has 2 fully saturated rings. The number of aliphatic hydroxyl groups excluding tert-OH is 2. The summed E-state index contributed by atoms with van der Waals surface area (Å²) in [5, 5.41) is 22.6. The summed E-state index contributed by atoms with van der Waals surface area (Å²) in [5.41, 5.74) is -0.572. The number of nitrogens with zero attached hydrogens (tertiary/aromatic N) is 1. The maximum absolute atomic E-state index is 11.9. The third-order valence-corrected chi connectivity index (χ3v) is 3.11. The van der Waals surface area contributed by atoms with Crippen LogP contribution in [0.15, 0.2) is 0 Å². The quantitative estimate of drug-likeness (QED) is 0.525. The summed E-state index contributed by atoms with van der Waals surface area (Å²) >= 11 is 0. The van der Waals surface area contributed by atoms with Crippen molar-refractivity contribution in [3.05, 3.63) is 0 Å². The highest BCUT2D eigenvalue weighted by Gasteiger charge is 2.51. The van der Waals surface area contributed by atoms with E-state index in [9.17, 15) is 15.0 Å². The van der Waals surface area contributed by atoms with Gasteiger partial charge >= 0.3 is 6.09 Å². The fraction of sp³-hybridized carbons (Fsp3) is 0.909. The van der Waals surface area contributed by atoms with Gasteiger partial charge in [0.25, 0.3) is 0 Å². The first kappa shape index (κ1) is 12.6. The number of rotatable bonds is 0. The molecule has 0 unspecified atom stereocenters. The molecular formula is C11H20N2O4. The Morgan fingerprint density at radius 1 is 1.35 bits per heavy atom. The normalized spacial score (nSPS) is 37.1. The van der Waals surface area contributed by atoms with Gasteiger partial charge in [-0.3, -0.25) is 4.90 Å². The van der Waals surface area contributed by atoms with Gasteiger partial charge in [-0.2, -0.15) is 0 Å². The van der Waals surface area contributed by atoms with Crippen LogP contribution in [0.5, 0.6) is 0 Å². The van der Waals surface area contributed by atoms with Gasteiger partial charge < -0.3 is 20.3 Å². The van der Waals surface area contributed by atoms with Crippen LogP contribution in [-0.4, -0.2) is 64.2 Å². The van der Waals surface area contributed by atoms with Gasteiger partial charge in [-0.25, -0.2) is 4.79 Å². The molecule has 0 aromatic heterocycles. The number of carbonyl (C=O) groups excluding carboxylic acids is 1. The molecular weight excluding hydrogens is 224 g/mol. The zero-order valence-electron chi connectivity index (χ0n) is 10.4. The van der Waals surface area contributed by atoms with Crippen molar-refractivity contribution in [3.63, 3.8) is 0 Å². The van der Waals surface area contributed by atoms with Crippen LogP contribution in [0, 0.1) is 0 Å². The monoisotopic (exact) mass is 244 g/mol. The number of fused-ring (bicyclic) bond motifs is 1. The predicted molar refractivity (Wildman–Crippen MR) is 60.5 cm³/mol. The van der Waals surface area contributed by atoms with Crippen molar-refractivity contribution < 1.29 is 19.7 Å². The number of β-amino-alcohol motifs (C(OH)–C–C–N with tert-alkyl or cyclic N) is 2. The molecule has 2 aliphatic rings. The van der Waals surface area contributed by atoms with Crippen LogP contribution in [0.25, 0.3) is 0 Å². The second-order valence-corrected chi connectivity index (χ2v) is 5.69. The minimum Gasteiger partial charge on any atom is -0.444 e. The number of hydrogen-bond acceptors (Lipinski definition) is 5. The highest BCUT2D eigenvalue weighted by atomic mass is 16.6. The molecule has 17 heavy (non-hydrogen) atoms. The maximum atomic E-state index is 11.9. The molecule has 4 atom stereocenters. The van der Waals surface area contributed by atoms with Crippen LogP contribution in [0.4, 0.5) is 4.79 Å². The number of nitrogens with one attached hydrogen (secondary N) is 1. The zero-order valence-corrected chi connectivity index (χ0v) is 10.4. The molecule has 2 saturated heterocycles. The molecule has 0 saturated carbocycles. The predicted octanol–water partition coefficient (Wildman–Crippen LogP) is -0.701. The van der Waals surface area contributed by atoms with Crippen molar-refractivity contribution in [3.8, 4) is 0 Å². The van der Waals surface area contributed by atoms with Crippen molar-refractivity contribution in [2.75, 3.05) is 13.1 Å². The molecule has 6 nitrogen and oxygen atoms in total. The molecule has 0 bridgehead atoms. The third-order valence-electron chi connectivity index (χ3n) is 3.11. The van der Waals surface area contributed by atoms with Crippen molar-refractivity contribution in [2.45, 2.75) is 50.7 Å². The van der Waals surface area contributed by atoms with E-state index in [1.54, 1.807) is 20.8 Å². The lowest BCUT2D eigenvalue weighted by Gasteiger charge is -2.29. The summed E-state index contributed by atoms with van der Waals surface area (Å²) in [6.07, 6.45) is -1.78. The average Bonchev–Trinajstić information content (AvgIpc) is 2.67. The van der Waals surface area contributed by atoms with E-state index in [1.807, 2.05) is 0 Å². The van der Waals surface area contributed by atoms with E-state index in [-0.39, 0.29) is 18.6 Å². The molecule has 2 rings (SSSR count). The van der Waals surface area contributed by atoms with Gasteiger partial charge in [0.2, 0.25) is 0 Å². The molecule has 0 aromatic carbocycles. The van der Waals surface area contributed by atoms with Crippen molar-refractivity contribution in [2.24, 2.45) is 0 Å². The van der Waals surface area contributed by atoms with Gasteiger partial charge in [-0.15, -0.1) is 0 Å². The summed E-state index contributed by atoms with van der Waals surface area (Å²) in [6, 6.07) is -0.641. The Bertz CT molecular complexity index is 315. The molecule has 2 aliphatic heterocycles. The number of ether oxygens (including phenoxy) is 1. The van der Waals surface area contributed by atoms with Crippen LogP contribution < -0.4 is 5.32 Å². The Hall–Kier alpha value is -0.850. The average molecular weight is 244 g/mol. The first-order chi connectivity index (χ1) is 7.79. The molecule has 2 heterocycles. The minimum absolute atomic E-state index is 0.203.